The topological polar surface area (TPSA) is 57.5 Å². The second-order valence-corrected chi connectivity index (χ2v) is 7.06. The molecule has 0 amide bonds. The summed E-state index contributed by atoms with van der Waals surface area (Å²) in [5, 5.41) is 18.5. The highest BCUT2D eigenvalue weighted by molar-refractivity contribution is 9.11. The van der Waals surface area contributed by atoms with Gasteiger partial charge in [0, 0.05) is 10.9 Å². The molecule has 0 fully saturated rings. The van der Waals surface area contributed by atoms with Crippen LogP contribution in [0.15, 0.2) is 34.9 Å². The van der Waals surface area contributed by atoms with Gasteiger partial charge in [-0.1, -0.05) is 78.6 Å². The molecule has 0 aromatic rings. The van der Waals surface area contributed by atoms with E-state index in [1.807, 2.05) is 18.2 Å². The van der Waals surface area contributed by atoms with E-state index in [4.69, 9.17) is 5.11 Å². The maximum absolute atomic E-state index is 10.3. The highest BCUT2D eigenvalue weighted by atomic mass is 79.9. The normalized spacial score (nSPS) is 12.5. The molecular weight excluding hydrogens is 404 g/mol. The molecule has 1 unspecified atom stereocenters. The molecule has 1 atom stereocenters. The molecule has 0 saturated heterocycles. The van der Waals surface area contributed by atoms with Crippen LogP contribution in [0.25, 0.3) is 0 Å². The minimum Gasteiger partial charge on any atom is -0.481 e. The molecule has 0 bridgehead atoms. The number of hydrogen-bond acceptors (Lipinski definition) is 2. The number of aliphatic hydroxyl groups is 1. The molecule has 0 aromatic carbocycles. The SMILES string of the molecule is CCCC=CC=C(Br)C(O)CCCCCCC=CC#CC#CCCC(=O)O. The van der Waals surface area contributed by atoms with Crippen LogP contribution in [-0.4, -0.2) is 22.3 Å². The maximum atomic E-state index is 10.3. The quantitative estimate of drug-likeness (QED) is 0.220. The van der Waals surface area contributed by atoms with Gasteiger partial charge < -0.3 is 10.2 Å². The summed E-state index contributed by atoms with van der Waals surface area (Å²) in [7, 11) is 0. The van der Waals surface area contributed by atoms with Crippen molar-refractivity contribution in [2.45, 2.75) is 77.2 Å². The number of carbonyl (C=O) groups is 1. The third-order valence-electron chi connectivity index (χ3n) is 3.65. The number of rotatable bonds is 13. The number of unbranched alkanes of at least 4 members (excludes halogenated alkanes) is 5. The number of carboxylic acids is 1. The molecule has 27 heavy (non-hydrogen) atoms. The maximum Gasteiger partial charge on any atom is 0.304 e. The van der Waals surface area contributed by atoms with Crippen molar-refractivity contribution in [2.75, 3.05) is 0 Å². The lowest BCUT2D eigenvalue weighted by atomic mass is 10.1. The smallest absolute Gasteiger partial charge is 0.304 e. The van der Waals surface area contributed by atoms with Crippen molar-refractivity contribution in [3.8, 4) is 23.7 Å². The molecule has 3 nitrogen and oxygen atoms in total. The number of allylic oxidation sites excluding steroid dienone is 5. The van der Waals surface area contributed by atoms with Crippen molar-refractivity contribution >= 4 is 21.9 Å². The Balaban J connectivity index is 3.70. The van der Waals surface area contributed by atoms with Gasteiger partial charge >= 0.3 is 5.97 Å². The van der Waals surface area contributed by atoms with Gasteiger partial charge in [0.15, 0.2) is 0 Å². The van der Waals surface area contributed by atoms with Crippen molar-refractivity contribution in [3.05, 3.63) is 34.9 Å². The van der Waals surface area contributed by atoms with E-state index in [9.17, 15) is 9.90 Å². The zero-order valence-electron chi connectivity index (χ0n) is 16.2. The Bertz CT molecular complexity index is 609. The third kappa shape index (κ3) is 18.8. The molecular formula is C23H31BrO3. The summed E-state index contributed by atoms with van der Waals surface area (Å²) >= 11 is 3.44. The van der Waals surface area contributed by atoms with E-state index >= 15 is 0 Å². The van der Waals surface area contributed by atoms with Crippen LogP contribution < -0.4 is 0 Å². The molecule has 0 aliphatic carbocycles. The first-order chi connectivity index (χ1) is 13.1. The molecule has 0 heterocycles. The van der Waals surface area contributed by atoms with Gasteiger partial charge in [0.2, 0.25) is 0 Å². The molecule has 0 aliphatic heterocycles. The number of hydrogen-bond donors (Lipinski definition) is 2. The lowest BCUT2D eigenvalue weighted by molar-refractivity contribution is -0.136. The van der Waals surface area contributed by atoms with Gasteiger partial charge in [-0.25, -0.2) is 0 Å². The lowest BCUT2D eigenvalue weighted by Gasteiger charge is -2.09. The van der Waals surface area contributed by atoms with Gasteiger partial charge in [-0.3, -0.25) is 4.79 Å². The molecule has 0 radical (unpaired) electrons. The van der Waals surface area contributed by atoms with Crippen LogP contribution in [0.5, 0.6) is 0 Å². The largest absolute Gasteiger partial charge is 0.481 e. The van der Waals surface area contributed by atoms with Crippen LogP contribution in [0.4, 0.5) is 0 Å². The summed E-state index contributed by atoms with van der Waals surface area (Å²) in [6, 6.07) is 0. The van der Waals surface area contributed by atoms with Gasteiger partial charge in [-0.2, -0.15) is 0 Å². The highest BCUT2D eigenvalue weighted by Gasteiger charge is 2.06. The number of aliphatic hydroxyl groups excluding tert-OH is 1. The zero-order chi connectivity index (χ0) is 20.2. The standard InChI is InChI=1S/C23H31BrO3/c1-2-3-4-15-18-21(24)22(25)19-16-13-11-9-7-5-6-8-10-12-14-17-20-23(26)27/h4-6,15,18,22,25H,2-3,7,9,11,13,16-17,19-20H2,1H3,(H,26,27). The number of carboxylic acid groups (broad SMARTS) is 1. The van der Waals surface area contributed by atoms with Crippen LogP contribution in [0, 0.1) is 23.7 Å². The van der Waals surface area contributed by atoms with Gasteiger partial charge in [0.1, 0.15) is 0 Å². The second-order valence-electron chi connectivity index (χ2n) is 6.14. The fourth-order valence-electron chi connectivity index (χ4n) is 2.12. The van der Waals surface area contributed by atoms with Gasteiger partial charge in [-0.15, -0.1) is 0 Å². The highest BCUT2D eigenvalue weighted by Crippen LogP contribution is 2.17. The molecule has 4 heteroatoms. The minimum absolute atomic E-state index is 0.0603. The summed E-state index contributed by atoms with van der Waals surface area (Å²) in [6.07, 6.45) is 18.2. The summed E-state index contributed by atoms with van der Waals surface area (Å²) < 4.78 is 0.849. The van der Waals surface area contributed by atoms with E-state index in [1.54, 1.807) is 6.08 Å². The Kier molecular flexibility index (Phi) is 17.8. The monoisotopic (exact) mass is 434 g/mol. The fourth-order valence-corrected chi connectivity index (χ4v) is 2.50. The van der Waals surface area contributed by atoms with Crippen LogP contribution in [0.3, 0.4) is 0 Å². The van der Waals surface area contributed by atoms with Crippen molar-refractivity contribution in [2.24, 2.45) is 0 Å². The molecule has 148 valence electrons. The predicted molar refractivity (Wildman–Crippen MR) is 116 cm³/mol. The summed E-state index contributed by atoms with van der Waals surface area (Å²) in [5.41, 5.74) is 0. The van der Waals surface area contributed by atoms with Crippen molar-refractivity contribution < 1.29 is 15.0 Å². The van der Waals surface area contributed by atoms with E-state index in [-0.39, 0.29) is 6.42 Å². The van der Waals surface area contributed by atoms with Crippen LogP contribution in [0.1, 0.15) is 71.1 Å². The molecule has 2 N–H and O–H groups in total. The van der Waals surface area contributed by atoms with Crippen LogP contribution in [-0.2, 0) is 4.79 Å². The summed E-state index contributed by atoms with van der Waals surface area (Å²) in [6.45, 7) is 2.14. The number of aliphatic carboxylic acids is 1. The van der Waals surface area contributed by atoms with Crippen LogP contribution >= 0.6 is 15.9 Å². The first-order valence-electron chi connectivity index (χ1n) is 9.63. The Hall–Kier alpha value is -1.75. The zero-order valence-corrected chi connectivity index (χ0v) is 17.8. The fraction of sp³-hybridized carbons (Fsp3) is 0.522. The van der Waals surface area contributed by atoms with E-state index in [0.29, 0.717) is 6.42 Å². The molecule has 0 rings (SSSR count). The Morgan fingerprint density at radius 3 is 2.63 bits per heavy atom. The van der Waals surface area contributed by atoms with E-state index in [0.717, 1.165) is 55.8 Å². The second kappa shape index (κ2) is 19.0. The molecule has 0 spiro atoms. The molecule has 0 aliphatic rings. The van der Waals surface area contributed by atoms with E-state index < -0.39 is 12.1 Å². The Morgan fingerprint density at radius 2 is 1.89 bits per heavy atom. The van der Waals surface area contributed by atoms with Crippen molar-refractivity contribution in [1.82, 2.24) is 0 Å². The van der Waals surface area contributed by atoms with Gasteiger partial charge in [-0.05, 0) is 49.7 Å². The summed E-state index contributed by atoms with van der Waals surface area (Å²) in [4.78, 5) is 10.3. The average molecular weight is 435 g/mol. The predicted octanol–water partition coefficient (Wildman–Crippen LogP) is 5.75. The van der Waals surface area contributed by atoms with Gasteiger partial charge in [0.25, 0.3) is 0 Å². The van der Waals surface area contributed by atoms with E-state index in [1.165, 1.54) is 0 Å². The van der Waals surface area contributed by atoms with Gasteiger partial charge in [0.05, 0.1) is 12.5 Å². The number of halogens is 1. The summed E-state index contributed by atoms with van der Waals surface area (Å²) in [5.74, 6) is 10.0. The minimum atomic E-state index is -0.838. The first kappa shape index (κ1) is 25.2. The van der Waals surface area contributed by atoms with Crippen molar-refractivity contribution in [3.63, 3.8) is 0 Å². The first-order valence-corrected chi connectivity index (χ1v) is 10.4. The lowest BCUT2D eigenvalue weighted by Crippen LogP contribution is -2.05. The average Bonchev–Trinajstić information content (AvgIpc) is 2.64. The Morgan fingerprint density at radius 1 is 1.11 bits per heavy atom. The van der Waals surface area contributed by atoms with Crippen molar-refractivity contribution in [1.29, 1.82) is 0 Å². The third-order valence-corrected chi connectivity index (χ3v) is 4.44. The van der Waals surface area contributed by atoms with Crippen LogP contribution in [0.2, 0.25) is 0 Å². The Labute approximate surface area is 172 Å². The molecule has 0 saturated carbocycles. The molecule has 0 aromatic heterocycles. The van der Waals surface area contributed by atoms with E-state index in [2.05, 4.69) is 52.6 Å².